The van der Waals surface area contributed by atoms with Crippen LogP contribution >= 0.6 is 0 Å². The Kier molecular flexibility index (Phi) is 11.2. The van der Waals surface area contributed by atoms with Crippen LogP contribution in [0, 0.1) is 5.92 Å². The maximum absolute atomic E-state index is 5.21. The third kappa shape index (κ3) is 7.83. The molecule has 1 unspecified atom stereocenters. The number of hydrogen-bond acceptors (Lipinski definition) is 3. The average molecular weight is 904 g/mol. The molecule has 0 fully saturated rings. The molecule has 0 radical (unpaired) electrons. The summed E-state index contributed by atoms with van der Waals surface area (Å²) in [6, 6.07) is 60.3. The number of aliphatic imine (C=N–C) groups is 1. The highest BCUT2D eigenvalue weighted by molar-refractivity contribution is 6.12. The summed E-state index contributed by atoms with van der Waals surface area (Å²) in [5, 5.41) is 4.92. The molecule has 338 valence electrons. The van der Waals surface area contributed by atoms with Crippen molar-refractivity contribution in [3.8, 4) is 45.0 Å². The number of allylic oxidation sites excluding steroid dienone is 9. The molecule has 1 aliphatic heterocycles. The third-order valence-corrected chi connectivity index (χ3v) is 14.0. The van der Waals surface area contributed by atoms with E-state index in [0.717, 1.165) is 81.9 Å². The van der Waals surface area contributed by atoms with E-state index in [0.29, 0.717) is 11.7 Å². The molecule has 3 aromatic heterocycles. The van der Waals surface area contributed by atoms with Crippen LogP contribution in [0.3, 0.4) is 0 Å². The Morgan fingerprint density at radius 3 is 1.86 bits per heavy atom. The van der Waals surface area contributed by atoms with E-state index in [1.54, 1.807) is 0 Å². The summed E-state index contributed by atoms with van der Waals surface area (Å²) in [6.07, 6.45) is 20.3. The van der Waals surface area contributed by atoms with Crippen molar-refractivity contribution in [2.75, 3.05) is 6.54 Å². The van der Waals surface area contributed by atoms with Gasteiger partial charge in [0.1, 0.15) is 0 Å². The minimum atomic E-state index is 0.559. The summed E-state index contributed by atoms with van der Waals surface area (Å²) < 4.78 is 4.91. The Bertz CT molecular complexity index is 3850. The molecule has 0 saturated heterocycles. The quantitative estimate of drug-likeness (QED) is 0.128. The molecule has 0 N–H and O–H groups in total. The van der Waals surface area contributed by atoms with Gasteiger partial charge in [-0.05, 0) is 143 Å². The van der Waals surface area contributed by atoms with Crippen LogP contribution in [0.5, 0.6) is 0 Å². The van der Waals surface area contributed by atoms with Crippen LogP contribution in [0.25, 0.3) is 105 Å². The third-order valence-electron chi connectivity index (χ3n) is 14.0. The predicted octanol–water partition coefficient (Wildman–Crippen LogP) is 16.9. The van der Waals surface area contributed by atoms with Crippen LogP contribution in [0.4, 0.5) is 0 Å². The lowest BCUT2D eigenvalue weighted by molar-refractivity contribution is 0.739. The molecule has 4 heterocycles. The van der Waals surface area contributed by atoms with E-state index < -0.39 is 0 Å². The van der Waals surface area contributed by atoms with E-state index in [-0.39, 0.29) is 0 Å². The lowest BCUT2D eigenvalue weighted by atomic mass is 9.93. The number of dihydropyridines is 1. The zero-order chi connectivity index (χ0) is 47.1. The van der Waals surface area contributed by atoms with Gasteiger partial charge in [-0.25, -0.2) is 9.97 Å². The molecule has 5 heteroatoms. The number of rotatable bonds is 10. The molecule has 0 bridgehead atoms. The Hall–Kier alpha value is -8.41. The monoisotopic (exact) mass is 903 g/mol. The van der Waals surface area contributed by atoms with Gasteiger partial charge in [-0.2, -0.15) is 0 Å². The van der Waals surface area contributed by atoms with E-state index in [1.807, 2.05) is 6.21 Å². The van der Waals surface area contributed by atoms with Crippen molar-refractivity contribution in [2.24, 2.45) is 10.9 Å². The highest BCUT2D eigenvalue weighted by Crippen LogP contribution is 2.40. The van der Waals surface area contributed by atoms with Gasteiger partial charge in [-0.3, -0.25) is 4.99 Å². The lowest BCUT2D eigenvalue weighted by Gasteiger charge is -2.17. The second-order valence-electron chi connectivity index (χ2n) is 18.6. The predicted molar refractivity (Wildman–Crippen MR) is 297 cm³/mol. The topological polar surface area (TPSA) is 48.0 Å². The molecule has 1 atom stereocenters. The Morgan fingerprint density at radius 2 is 1.21 bits per heavy atom. The van der Waals surface area contributed by atoms with Gasteiger partial charge in [0, 0.05) is 51.2 Å². The number of nitrogens with zero attached hydrogens (tertiary/aromatic N) is 5. The molecule has 70 heavy (non-hydrogen) atoms. The first-order chi connectivity index (χ1) is 34.5. The van der Waals surface area contributed by atoms with Gasteiger partial charge in [0.15, 0.2) is 5.82 Å². The number of para-hydroxylation sites is 2. The number of aromatic nitrogens is 4. The van der Waals surface area contributed by atoms with Crippen molar-refractivity contribution in [1.82, 2.24) is 19.1 Å². The molecule has 0 spiro atoms. The number of benzene rings is 7. The second kappa shape index (κ2) is 18.2. The van der Waals surface area contributed by atoms with Crippen LogP contribution in [0.15, 0.2) is 211 Å². The van der Waals surface area contributed by atoms with Crippen LogP contribution < -0.4 is 0 Å². The normalized spacial score (nSPS) is 15.2. The first kappa shape index (κ1) is 42.9. The van der Waals surface area contributed by atoms with Crippen LogP contribution in [-0.4, -0.2) is 31.9 Å². The molecule has 2 aliphatic rings. The molecular formula is C65H53N5. The van der Waals surface area contributed by atoms with Gasteiger partial charge in [0.25, 0.3) is 0 Å². The van der Waals surface area contributed by atoms with E-state index >= 15 is 0 Å². The van der Waals surface area contributed by atoms with Crippen LogP contribution in [-0.2, 0) is 0 Å². The fourth-order valence-electron chi connectivity index (χ4n) is 10.5. The van der Waals surface area contributed by atoms with Crippen molar-refractivity contribution < 1.29 is 0 Å². The highest BCUT2D eigenvalue weighted by atomic mass is 15.0. The summed E-state index contributed by atoms with van der Waals surface area (Å²) in [5.41, 5.74) is 19.1. The molecule has 10 aromatic rings. The zero-order valence-corrected chi connectivity index (χ0v) is 39.8. The summed E-state index contributed by atoms with van der Waals surface area (Å²) in [4.78, 5) is 14.9. The van der Waals surface area contributed by atoms with Gasteiger partial charge in [-0.1, -0.05) is 153 Å². The largest absolute Gasteiger partial charge is 0.309 e. The number of hydrogen-bond donors (Lipinski definition) is 0. The highest BCUT2D eigenvalue weighted by Gasteiger charge is 2.20. The van der Waals surface area contributed by atoms with Crippen LogP contribution in [0.2, 0.25) is 0 Å². The summed E-state index contributed by atoms with van der Waals surface area (Å²) in [6.45, 7) is 7.26. The van der Waals surface area contributed by atoms with Gasteiger partial charge in [-0.15, -0.1) is 0 Å². The Balaban J connectivity index is 1.05. The summed E-state index contributed by atoms with van der Waals surface area (Å²) >= 11 is 0. The van der Waals surface area contributed by atoms with Gasteiger partial charge < -0.3 is 9.13 Å². The average Bonchev–Trinajstić information content (AvgIpc) is 3.93. The zero-order valence-electron chi connectivity index (χ0n) is 39.8. The number of fused-ring (bicyclic) bond motifs is 6. The van der Waals surface area contributed by atoms with Crippen molar-refractivity contribution in [3.05, 3.63) is 223 Å². The molecule has 12 rings (SSSR count). The maximum Gasteiger partial charge on any atom is 0.160 e. The molecular weight excluding hydrogens is 851 g/mol. The van der Waals surface area contributed by atoms with E-state index in [4.69, 9.17) is 9.97 Å². The van der Waals surface area contributed by atoms with Gasteiger partial charge in [0.2, 0.25) is 0 Å². The smallest absolute Gasteiger partial charge is 0.160 e. The second-order valence-corrected chi connectivity index (χ2v) is 18.6. The minimum Gasteiger partial charge on any atom is -0.309 e. The van der Waals surface area contributed by atoms with Crippen molar-refractivity contribution in [2.45, 2.75) is 40.0 Å². The minimum absolute atomic E-state index is 0.559. The molecule has 1 aliphatic carbocycles. The molecule has 7 aromatic carbocycles. The molecule has 0 amide bonds. The Labute approximate surface area is 409 Å². The van der Waals surface area contributed by atoms with Crippen LogP contribution in [0.1, 0.15) is 57.0 Å². The SMILES string of the molecule is C/C=C\C(=C/CC)c1cc(C2=CC=NCC2)nc(-c2ccc(-c3cc(-n4c5ccccc5c5cc(C6=CCC(C)C=C6)ccc54)cc(-n4c5ccccc5c5cc(-c6ccccc6)ccc54)c3)cc2)n1. The first-order valence-electron chi connectivity index (χ1n) is 24.7. The van der Waals surface area contributed by atoms with Crippen molar-refractivity contribution in [3.63, 3.8) is 0 Å². The van der Waals surface area contributed by atoms with E-state index in [2.05, 4.69) is 241 Å². The standard InChI is InChI=1S/C65H53N5/c1-4-13-47(14-5-2)59-42-60(48-33-35-66-36-34-48)68-65(67-59)49-27-25-46(26-28-49)52-37-53(69-61-19-11-9-17-55(61)57-39-50(29-31-63(57)69)44-15-7-6-8-16-44)41-54(38-52)70-62-20-12-10-18-56(62)58-40-51(30-32-64(58)70)45-23-21-43(3)22-24-45/h4,6-21,23-33,35,37-43H,5,22,34,36H2,1-3H3/b13-4-,47-14+. The molecule has 0 saturated carbocycles. The van der Waals surface area contributed by atoms with Gasteiger partial charge >= 0.3 is 0 Å². The van der Waals surface area contributed by atoms with Crippen molar-refractivity contribution in [1.29, 1.82) is 0 Å². The Morgan fingerprint density at radius 1 is 0.600 bits per heavy atom. The first-order valence-corrected chi connectivity index (χ1v) is 24.7. The fraction of sp³-hybridized carbons (Fsp3) is 0.123. The molecule has 5 nitrogen and oxygen atoms in total. The summed E-state index contributed by atoms with van der Waals surface area (Å²) in [7, 11) is 0. The van der Waals surface area contributed by atoms with E-state index in [9.17, 15) is 0 Å². The maximum atomic E-state index is 5.21. The van der Waals surface area contributed by atoms with Gasteiger partial charge in [0.05, 0.1) is 33.5 Å². The van der Waals surface area contributed by atoms with Crippen molar-refractivity contribution >= 4 is 66.5 Å². The lowest BCUT2D eigenvalue weighted by Crippen LogP contribution is -2.03. The van der Waals surface area contributed by atoms with E-state index in [1.165, 1.54) is 60.4 Å². The fourth-order valence-corrected chi connectivity index (χ4v) is 10.5. The summed E-state index contributed by atoms with van der Waals surface area (Å²) in [5.74, 6) is 1.27.